The van der Waals surface area contributed by atoms with Crippen molar-refractivity contribution in [1.29, 1.82) is 0 Å². The van der Waals surface area contributed by atoms with Crippen molar-refractivity contribution in [3.8, 4) is 17.2 Å². The number of ether oxygens (including phenoxy) is 3. The zero-order chi connectivity index (χ0) is 21.3. The molecule has 0 bridgehead atoms. The van der Waals surface area contributed by atoms with Gasteiger partial charge in [0.25, 0.3) is 0 Å². The molecule has 0 spiro atoms. The summed E-state index contributed by atoms with van der Waals surface area (Å²) in [5.74, 6) is 2.16. The molecule has 2 N–H and O–H groups in total. The van der Waals surface area contributed by atoms with Crippen LogP contribution in [0.25, 0.3) is 0 Å². The predicted octanol–water partition coefficient (Wildman–Crippen LogP) is 3.81. The van der Waals surface area contributed by atoms with Gasteiger partial charge in [-0.05, 0) is 36.2 Å². The summed E-state index contributed by atoms with van der Waals surface area (Å²) in [6, 6.07) is 13.3. The molecule has 30 heavy (non-hydrogen) atoms. The summed E-state index contributed by atoms with van der Waals surface area (Å²) in [6.07, 6.45) is 0.991. The Morgan fingerprint density at radius 1 is 1.00 bits per heavy atom. The predicted molar refractivity (Wildman–Crippen MR) is 118 cm³/mol. The maximum atomic E-state index is 12.2. The fourth-order valence-corrected chi connectivity index (χ4v) is 3.56. The Balaban J connectivity index is 1.50. The number of carbonyl (C=O) groups is 1. The molecule has 158 valence electrons. The number of anilines is 2. The van der Waals surface area contributed by atoms with Gasteiger partial charge in [0, 0.05) is 18.0 Å². The van der Waals surface area contributed by atoms with Gasteiger partial charge in [-0.1, -0.05) is 12.1 Å². The summed E-state index contributed by atoms with van der Waals surface area (Å²) in [5.41, 5.74) is 2.61. The van der Waals surface area contributed by atoms with E-state index in [9.17, 15) is 4.79 Å². The molecule has 0 radical (unpaired) electrons. The number of thiazole rings is 1. The van der Waals surface area contributed by atoms with Crippen LogP contribution in [0.1, 0.15) is 11.3 Å². The van der Waals surface area contributed by atoms with E-state index < -0.39 is 0 Å². The van der Waals surface area contributed by atoms with Crippen LogP contribution >= 0.6 is 11.3 Å². The Hall–Kier alpha value is -3.26. The Kier molecular flexibility index (Phi) is 7.51. The van der Waals surface area contributed by atoms with Crippen molar-refractivity contribution in [3.63, 3.8) is 0 Å². The highest BCUT2D eigenvalue weighted by Crippen LogP contribution is 2.32. The molecule has 1 amide bonds. The third-order valence-electron chi connectivity index (χ3n) is 4.44. The summed E-state index contributed by atoms with van der Waals surface area (Å²) in [4.78, 5) is 16.7. The maximum absolute atomic E-state index is 12.2. The van der Waals surface area contributed by atoms with Gasteiger partial charge in [-0.2, -0.15) is 0 Å². The van der Waals surface area contributed by atoms with Crippen LogP contribution in [0.15, 0.2) is 47.8 Å². The molecular weight excluding hydrogens is 402 g/mol. The minimum atomic E-state index is -0.0562. The van der Waals surface area contributed by atoms with E-state index in [0.717, 1.165) is 23.4 Å². The smallest absolute Gasteiger partial charge is 0.226 e. The molecule has 0 aliphatic carbocycles. The number of hydrogen-bond acceptors (Lipinski definition) is 7. The topological polar surface area (TPSA) is 81.7 Å². The van der Waals surface area contributed by atoms with Gasteiger partial charge >= 0.3 is 0 Å². The lowest BCUT2D eigenvalue weighted by molar-refractivity contribution is -0.120. The Morgan fingerprint density at radius 3 is 2.43 bits per heavy atom. The van der Waals surface area contributed by atoms with Gasteiger partial charge in [0.1, 0.15) is 17.2 Å². The molecule has 1 aromatic heterocycles. The van der Waals surface area contributed by atoms with Crippen molar-refractivity contribution in [1.82, 2.24) is 10.3 Å². The first-order valence-corrected chi connectivity index (χ1v) is 10.3. The number of carbonyl (C=O) groups excluding carboxylic acids is 1. The molecule has 0 aliphatic heterocycles. The second kappa shape index (κ2) is 10.5. The minimum Gasteiger partial charge on any atom is -0.497 e. The zero-order valence-corrected chi connectivity index (χ0v) is 18.0. The van der Waals surface area contributed by atoms with Crippen LogP contribution in [0.4, 0.5) is 10.8 Å². The van der Waals surface area contributed by atoms with Crippen molar-refractivity contribution in [3.05, 3.63) is 59.1 Å². The summed E-state index contributed by atoms with van der Waals surface area (Å²) in [7, 11) is 4.86. The molecule has 8 heteroatoms. The molecule has 0 saturated heterocycles. The normalized spacial score (nSPS) is 10.4. The number of amides is 1. The van der Waals surface area contributed by atoms with Crippen molar-refractivity contribution < 1.29 is 19.0 Å². The van der Waals surface area contributed by atoms with E-state index in [4.69, 9.17) is 14.2 Å². The highest BCUT2D eigenvalue weighted by Gasteiger charge is 2.11. The standard InChI is InChI=1S/C22H25N3O4S/c1-27-17-6-4-15(5-7-17)10-11-23-21(26)12-16-14-30-22(24-16)25-19-13-18(28-2)8-9-20(19)29-3/h4-9,13-14H,10-12H2,1-3H3,(H,23,26)(H,24,25). The van der Waals surface area contributed by atoms with Crippen molar-refractivity contribution in [2.75, 3.05) is 33.2 Å². The highest BCUT2D eigenvalue weighted by molar-refractivity contribution is 7.13. The molecule has 0 atom stereocenters. The van der Waals surface area contributed by atoms with E-state index in [2.05, 4.69) is 15.6 Å². The van der Waals surface area contributed by atoms with E-state index in [1.54, 1.807) is 21.3 Å². The van der Waals surface area contributed by atoms with Gasteiger partial charge < -0.3 is 24.8 Å². The Morgan fingerprint density at radius 2 is 1.73 bits per heavy atom. The number of methoxy groups -OCH3 is 3. The summed E-state index contributed by atoms with van der Waals surface area (Å²) < 4.78 is 15.8. The molecule has 3 aromatic rings. The summed E-state index contributed by atoms with van der Waals surface area (Å²) in [5, 5.41) is 8.72. The Labute approximate surface area is 180 Å². The van der Waals surface area contributed by atoms with Gasteiger partial charge in [0.05, 0.1) is 39.1 Å². The van der Waals surface area contributed by atoms with Gasteiger partial charge in [0.15, 0.2) is 5.13 Å². The Bertz CT molecular complexity index is 973. The third-order valence-corrected chi connectivity index (χ3v) is 5.24. The summed E-state index contributed by atoms with van der Waals surface area (Å²) >= 11 is 1.43. The molecule has 3 rings (SSSR count). The number of hydrogen-bond donors (Lipinski definition) is 2. The average molecular weight is 428 g/mol. The fraction of sp³-hybridized carbons (Fsp3) is 0.273. The quantitative estimate of drug-likeness (QED) is 0.512. The number of benzene rings is 2. The van der Waals surface area contributed by atoms with Crippen LogP contribution in [0.5, 0.6) is 17.2 Å². The zero-order valence-electron chi connectivity index (χ0n) is 17.2. The van der Waals surface area contributed by atoms with Crippen molar-refractivity contribution in [2.45, 2.75) is 12.8 Å². The first-order valence-electron chi connectivity index (χ1n) is 9.44. The average Bonchev–Trinajstić information content (AvgIpc) is 3.20. The van der Waals surface area contributed by atoms with E-state index in [1.807, 2.05) is 47.8 Å². The summed E-state index contributed by atoms with van der Waals surface area (Å²) in [6.45, 7) is 0.571. The molecule has 0 unspecified atom stereocenters. The van der Waals surface area contributed by atoms with Gasteiger partial charge in [0.2, 0.25) is 5.91 Å². The van der Waals surface area contributed by atoms with Crippen LogP contribution in [0, 0.1) is 0 Å². The van der Waals surface area contributed by atoms with Crippen LogP contribution in [0.2, 0.25) is 0 Å². The lowest BCUT2D eigenvalue weighted by Gasteiger charge is -2.10. The van der Waals surface area contributed by atoms with Crippen molar-refractivity contribution >= 4 is 28.1 Å². The molecule has 1 heterocycles. The minimum absolute atomic E-state index is 0.0562. The van der Waals surface area contributed by atoms with E-state index in [1.165, 1.54) is 11.3 Å². The van der Waals surface area contributed by atoms with E-state index in [-0.39, 0.29) is 12.3 Å². The van der Waals surface area contributed by atoms with E-state index in [0.29, 0.717) is 28.9 Å². The second-order valence-corrected chi connectivity index (χ2v) is 7.32. The lowest BCUT2D eigenvalue weighted by atomic mass is 10.1. The molecular formula is C22H25N3O4S. The number of aromatic nitrogens is 1. The van der Waals surface area contributed by atoms with Gasteiger partial charge in [-0.25, -0.2) is 4.98 Å². The largest absolute Gasteiger partial charge is 0.497 e. The second-order valence-electron chi connectivity index (χ2n) is 6.46. The molecule has 2 aromatic carbocycles. The van der Waals surface area contributed by atoms with Gasteiger partial charge in [-0.3, -0.25) is 4.79 Å². The first-order chi connectivity index (χ1) is 14.6. The number of nitrogens with one attached hydrogen (secondary N) is 2. The number of nitrogens with zero attached hydrogens (tertiary/aromatic N) is 1. The molecule has 0 saturated carbocycles. The molecule has 0 fully saturated rings. The van der Waals surface area contributed by atoms with Crippen molar-refractivity contribution in [2.24, 2.45) is 0 Å². The van der Waals surface area contributed by atoms with Crippen LogP contribution in [0.3, 0.4) is 0 Å². The van der Waals surface area contributed by atoms with Gasteiger partial charge in [-0.15, -0.1) is 11.3 Å². The lowest BCUT2D eigenvalue weighted by Crippen LogP contribution is -2.27. The first kappa shape index (κ1) is 21.4. The SMILES string of the molecule is COc1ccc(CCNC(=O)Cc2csc(Nc3cc(OC)ccc3OC)n2)cc1. The fourth-order valence-electron chi connectivity index (χ4n) is 2.84. The maximum Gasteiger partial charge on any atom is 0.226 e. The molecule has 7 nitrogen and oxygen atoms in total. The van der Waals surface area contributed by atoms with Crippen LogP contribution < -0.4 is 24.8 Å². The number of rotatable bonds is 10. The monoisotopic (exact) mass is 427 g/mol. The van der Waals surface area contributed by atoms with E-state index >= 15 is 0 Å². The highest BCUT2D eigenvalue weighted by atomic mass is 32.1. The van der Waals surface area contributed by atoms with Crippen LogP contribution in [-0.2, 0) is 17.6 Å². The third kappa shape index (κ3) is 5.87. The molecule has 0 aliphatic rings. The van der Waals surface area contributed by atoms with Crippen LogP contribution in [-0.4, -0.2) is 38.8 Å².